The molecular weight excluding hydrogens is 246 g/mol. The summed E-state index contributed by atoms with van der Waals surface area (Å²) in [7, 11) is 0. The highest BCUT2D eigenvalue weighted by Crippen LogP contribution is 2.14. The average Bonchev–Trinajstić information content (AvgIpc) is 2.47. The Morgan fingerprint density at radius 1 is 1.16 bits per heavy atom. The van der Waals surface area contributed by atoms with Crippen LogP contribution in [0.3, 0.4) is 0 Å². The minimum atomic E-state index is -0.141. The maximum Gasteiger partial charge on any atom is 0.254 e. The van der Waals surface area contributed by atoms with Crippen LogP contribution in [-0.4, -0.2) is 37.1 Å². The van der Waals surface area contributed by atoms with E-state index in [-0.39, 0.29) is 11.3 Å². The van der Waals surface area contributed by atoms with Crippen molar-refractivity contribution in [3.63, 3.8) is 0 Å². The number of rotatable bonds is 1. The molecular formula is C14H13NO4. The minimum absolute atomic E-state index is 0.0755. The van der Waals surface area contributed by atoms with Crippen molar-refractivity contribution < 1.29 is 13.9 Å². The third-order valence-electron chi connectivity index (χ3n) is 3.20. The molecule has 1 aromatic heterocycles. The van der Waals surface area contributed by atoms with Gasteiger partial charge in [-0.3, -0.25) is 9.59 Å². The topological polar surface area (TPSA) is 59.8 Å². The number of carbonyl (C=O) groups is 1. The Hall–Kier alpha value is -2.14. The highest BCUT2D eigenvalue weighted by Gasteiger charge is 2.19. The van der Waals surface area contributed by atoms with Gasteiger partial charge in [-0.2, -0.15) is 0 Å². The van der Waals surface area contributed by atoms with E-state index in [0.29, 0.717) is 42.8 Å². The number of hydrogen-bond acceptors (Lipinski definition) is 4. The molecule has 0 atom stereocenters. The number of benzene rings is 1. The van der Waals surface area contributed by atoms with Gasteiger partial charge in [0.15, 0.2) is 5.43 Å². The molecule has 3 rings (SSSR count). The van der Waals surface area contributed by atoms with E-state index in [9.17, 15) is 9.59 Å². The molecule has 0 saturated carbocycles. The van der Waals surface area contributed by atoms with Crippen LogP contribution in [0, 0.1) is 0 Å². The molecule has 0 bridgehead atoms. The monoisotopic (exact) mass is 259 g/mol. The Kier molecular flexibility index (Phi) is 3.05. The van der Waals surface area contributed by atoms with Crippen LogP contribution in [0.25, 0.3) is 11.0 Å². The second kappa shape index (κ2) is 4.85. The molecule has 1 aliphatic heterocycles. The Bertz CT molecular complexity index is 670. The molecule has 5 heteroatoms. The number of ether oxygens (including phenoxy) is 1. The van der Waals surface area contributed by atoms with Gasteiger partial charge < -0.3 is 14.1 Å². The van der Waals surface area contributed by atoms with Gasteiger partial charge in [-0.15, -0.1) is 0 Å². The Labute approximate surface area is 109 Å². The first-order valence-corrected chi connectivity index (χ1v) is 6.14. The van der Waals surface area contributed by atoms with Crippen LogP contribution in [0.5, 0.6) is 0 Å². The highest BCUT2D eigenvalue weighted by molar-refractivity contribution is 5.97. The van der Waals surface area contributed by atoms with E-state index in [1.807, 2.05) is 0 Å². The molecule has 0 radical (unpaired) electrons. The summed E-state index contributed by atoms with van der Waals surface area (Å²) in [6, 6.07) is 6.29. The summed E-state index contributed by atoms with van der Waals surface area (Å²) in [6.45, 7) is 2.28. The van der Waals surface area contributed by atoms with Gasteiger partial charge in [0.1, 0.15) is 5.58 Å². The summed E-state index contributed by atoms with van der Waals surface area (Å²) >= 11 is 0. The van der Waals surface area contributed by atoms with Crippen molar-refractivity contribution in [3.05, 3.63) is 46.3 Å². The predicted octanol–water partition coefficient (Wildman–Crippen LogP) is 1.27. The molecule has 5 nitrogen and oxygen atoms in total. The molecule has 19 heavy (non-hydrogen) atoms. The van der Waals surface area contributed by atoms with Gasteiger partial charge >= 0.3 is 0 Å². The summed E-state index contributed by atoms with van der Waals surface area (Å²) in [5, 5.41) is 0.432. The third kappa shape index (κ3) is 2.24. The molecule has 1 aromatic carbocycles. The normalized spacial score (nSPS) is 15.7. The Morgan fingerprint density at radius 3 is 2.74 bits per heavy atom. The van der Waals surface area contributed by atoms with Crippen molar-refractivity contribution in [3.8, 4) is 0 Å². The average molecular weight is 259 g/mol. The fourth-order valence-corrected chi connectivity index (χ4v) is 2.17. The van der Waals surface area contributed by atoms with Crippen LogP contribution >= 0.6 is 0 Å². The molecule has 0 unspecified atom stereocenters. The van der Waals surface area contributed by atoms with Gasteiger partial charge in [0, 0.05) is 24.7 Å². The lowest BCUT2D eigenvalue weighted by Crippen LogP contribution is -2.40. The SMILES string of the molecule is O=C(c1ccc2occc(=O)c2c1)N1CCOCC1. The van der Waals surface area contributed by atoms with Gasteiger partial charge in [0.25, 0.3) is 5.91 Å². The molecule has 1 aliphatic rings. The summed E-state index contributed by atoms with van der Waals surface area (Å²) in [5.41, 5.74) is 0.858. The lowest BCUT2D eigenvalue weighted by atomic mass is 10.1. The number of amides is 1. The quantitative estimate of drug-likeness (QED) is 0.773. The molecule has 0 aliphatic carbocycles. The molecule has 0 N–H and O–H groups in total. The van der Waals surface area contributed by atoms with Crippen molar-refractivity contribution in [2.24, 2.45) is 0 Å². The van der Waals surface area contributed by atoms with Crippen molar-refractivity contribution in [1.82, 2.24) is 4.90 Å². The van der Waals surface area contributed by atoms with Gasteiger partial charge in [0.05, 0.1) is 24.9 Å². The van der Waals surface area contributed by atoms with Crippen molar-refractivity contribution in [1.29, 1.82) is 0 Å². The van der Waals surface area contributed by atoms with Crippen LogP contribution in [0.4, 0.5) is 0 Å². The predicted molar refractivity (Wildman–Crippen MR) is 69.2 cm³/mol. The fraction of sp³-hybridized carbons (Fsp3) is 0.286. The number of morpholine rings is 1. The van der Waals surface area contributed by atoms with E-state index < -0.39 is 0 Å². The van der Waals surface area contributed by atoms with Crippen LogP contribution in [0.2, 0.25) is 0 Å². The summed E-state index contributed by atoms with van der Waals surface area (Å²) in [6.07, 6.45) is 1.36. The Morgan fingerprint density at radius 2 is 1.95 bits per heavy atom. The third-order valence-corrected chi connectivity index (χ3v) is 3.20. The van der Waals surface area contributed by atoms with E-state index in [4.69, 9.17) is 9.15 Å². The van der Waals surface area contributed by atoms with E-state index >= 15 is 0 Å². The molecule has 98 valence electrons. The standard InChI is InChI=1S/C14H13NO4/c16-12-3-6-19-13-2-1-10(9-11(12)13)14(17)15-4-7-18-8-5-15/h1-3,6,9H,4-5,7-8H2. The zero-order valence-electron chi connectivity index (χ0n) is 10.3. The van der Waals surface area contributed by atoms with Crippen LogP contribution in [0.15, 0.2) is 39.7 Å². The second-order valence-electron chi connectivity index (χ2n) is 4.40. The summed E-state index contributed by atoms with van der Waals surface area (Å²) in [4.78, 5) is 25.7. The number of fused-ring (bicyclic) bond motifs is 1. The molecule has 2 heterocycles. The number of hydrogen-bond donors (Lipinski definition) is 0. The summed E-state index contributed by atoms with van der Waals surface area (Å²) in [5.74, 6) is -0.0755. The van der Waals surface area contributed by atoms with E-state index in [1.54, 1.807) is 23.1 Å². The maximum atomic E-state index is 12.3. The zero-order chi connectivity index (χ0) is 13.2. The number of carbonyl (C=O) groups excluding carboxylic acids is 1. The van der Waals surface area contributed by atoms with E-state index in [2.05, 4.69) is 0 Å². The Balaban J connectivity index is 1.98. The van der Waals surface area contributed by atoms with Crippen LogP contribution in [0.1, 0.15) is 10.4 Å². The van der Waals surface area contributed by atoms with Gasteiger partial charge in [-0.05, 0) is 18.2 Å². The van der Waals surface area contributed by atoms with Crippen molar-refractivity contribution >= 4 is 16.9 Å². The zero-order valence-corrected chi connectivity index (χ0v) is 10.3. The van der Waals surface area contributed by atoms with Gasteiger partial charge in [-0.25, -0.2) is 0 Å². The van der Waals surface area contributed by atoms with E-state index in [1.165, 1.54) is 12.3 Å². The molecule has 0 spiro atoms. The van der Waals surface area contributed by atoms with Crippen molar-refractivity contribution in [2.75, 3.05) is 26.3 Å². The smallest absolute Gasteiger partial charge is 0.254 e. The largest absolute Gasteiger partial charge is 0.464 e. The number of nitrogens with zero attached hydrogens (tertiary/aromatic N) is 1. The second-order valence-corrected chi connectivity index (χ2v) is 4.40. The maximum absolute atomic E-state index is 12.3. The van der Waals surface area contributed by atoms with Crippen molar-refractivity contribution in [2.45, 2.75) is 0 Å². The van der Waals surface area contributed by atoms with Crippen LogP contribution < -0.4 is 5.43 Å². The molecule has 1 saturated heterocycles. The summed E-state index contributed by atoms with van der Waals surface area (Å²) < 4.78 is 10.4. The van der Waals surface area contributed by atoms with Gasteiger partial charge in [-0.1, -0.05) is 0 Å². The fourth-order valence-electron chi connectivity index (χ4n) is 2.17. The molecule has 1 fully saturated rings. The molecule has 1 amide bonds. The minimum Gasteiger partial charge on any atom is -0.464 e. The molecule has 2 aromatic rings. The first-order chi connectivity index (χ1) is 9.25. The van der Waals surface area contributed by atoms with Crippen LogP contribution in [-0.2, 0) is 4.74 Å². The van der Waals surface area contributed by atoms with Gasteiger partial charge in [0.2, 0.25) is 0 Å². The lowest BCUT2D eigenvalue weighted by molar-refractivity contribution is 0.0303. The first-order valence-electron chi connectivity index (χ1n) is 6.14. The lowest BCUT2D eigenvalue weighted by Gasteiger charge is -2.26. The first kappa shape index (κ1) is 11.9. The highest BCUT2D eigenvalue weighted by atomic mass is 16.5. The van der Waals surface area contributed by atoms with E-state index in [0.717, 1.165) is 0 Å².